The molecule has 4 nitrogen and oxygen atoms in total. The van der Waals surface area contributed by atoms with Crippen molar-refractivity contribution < 1.29 is 14.6 Å². The van der Waals surface area contributed by atoms with Gasteiger partial charge in [0.25, 0.3) is 0 Å². The molecule has 0 aliphatic rings. The van der Waals surface area contributed by atoms with Crippen LogP contribution in [0.4, 0.5) is 4.79 Å². The SMILES string of the molecule is CC(O)c1ccccc1CCCNC(=O)OC(C)(C)C. The normalized spacial score (nSPS) is 12.8. The maximum Gasteiger partial charge on any atom is 0.407 e. The number of aliphatic hydroxyl groups is 1. The lowest BCUT2D eigenvalue weighted by Gasteiger charge is -2.19. The Morgan fingerprint density at radius 1 is 1.35 bits per heavy atom. The summed E-state index contributed by atoms with van der Waals surface area (Å²) in [4.78, 5) is 11.5. The second-order valence-corrected chi connectivity index (χ2v) is 5.91. The summed E-state index contributed by atoms with van der Waals surface area (Å²) in [6, 6.07) is 7.82. The van der Waals surface area contributed by atoms with Crippen LogP contribution in [0.3, 0.4) is 0 Å². The fourth-order valence-corrected chi connectivity index (χ4v) is 1.95. The summed E-state index contributed by atoms with van der Waals surface area (Å²) in [5.41, 5.74) is 1.60. The Labute approximate surface area is 121 Å². The largest absolute Gasteiger partial charge is 0.444 e. The van der Waals surface area contributed by atoms with Crippen LogP contribution in [-0.4, -0.2) is 23.3 Å². The molecule has 1 amide bonds. The summed E-state index contributed by atoms with van der Waals surface area (Å²) >= 11 is 0. The number of alkyl carbamates (subject to hydrolysis) is 1. The summed E-state index contributed by atoms with van der Waals surface area (Å²) in [5.74, 6) is 0. The standard InChI is InChI=1S/C16H25NO3/c1-12(18)14-10-6-5-8-13(14)9-7-11-17-15(19)20-16(2,3)4/h5-6,8,10,12,18H,7,9,11H2,1-4H3,(H,17,19). The van der Waals surface area contributed by atoms with Gasteiger partial charge in [0.2, 0.25) is 0 Å². The molecule has 4 heteroatoms. The molecule has 112 valence electrons. The number of carbonyl (C=O) groups is 1. The fraction of sp³-hybridized carbons (Fsp3) is 0.562. The minimum Gasteiger partial charge on any atom is -0.444 e. The fourth-order valence-electron chi connectivity index (χ4n) is 1.95. The molecule has 0 fully saturated rings. The van der Waals surface area contributed by atoms with Gasteiger partial charge in [-0.1, -0.05) is 24.3 Å². The van der Waals surface area contributed by atoms with Crippen LogP contribution < -0.4 is 5.32 Å². The third-order valence-corrected chi connectivity index (χ3v) is 2.80. The number of carbonyl (C=O) groups excluding carboxylic acids is 1. The first-order chi connectivity index (χ1) is 9.29. The molecule has 1 aromatic carbocycles. The van der Waals surface area contributed by atoms with E-state index in [4.69, 9.17) is 4.74 Å². The number of hydrogen-bond donors (Lipinski definition) is 2. The first-order valence-electron chi connectivity index (χ1n) is 7.02. The van der Waals surface area contributed by atoms with Crippen LogP contribution in [0.1, 0.15) is 51.3 Å². The topological polar surface area (TPSA) is 58.6 Å². The molecule has 1 unspecified atom stereocenters. The second kappa shape index (κ2) is 7.29. The molecule has 0 saturated carbocycles. The van der Waals surface area contributed by atoms with Gasteiger partial charge in [-0.2, -0.15) is 0 Å². The molecular weight excluding hydrogens is 254 g/mol. The number of benzene rings is 1. The summed E-state index contributed by atoms with van der Waals surface area (Å²) in [5, 5.41) is 12.4. The smallest absolute Gasteiger partial charge is 0.407 e. The van der Waals surface area contributed by atoms with Crippen molar-refractivity contribution in [3.05, 3.63) is 35.4 Å². The molecule has 0 aliphatic heterocycles. The molecule has 0 radical (unpaired) electrons. The summed E-state index contributed by atoms with van der Waals surface area (Å²) < 4.78 is 5.16. The maximum atomic E-state index is 11.5. The quantitative estimate of drug-likeness (QED) is 0.814. The van der Waals surface area contributed by atoms with E-state index in [9.17, 15) is 9.90 Å². The van der Waals surface area contributed by atoms with E-state index in [1.807, 2.05) is 45.0 Å². The molecule has 0 aliphatic carbocycles. The van der Waals surface area contributed by atoms with Crippen LogP contribution in [0.5, 0.6) is 0 Å². The molecule has 1 rings (SSSR count). The number of amides is 1. The van der Waals surface area contributed by atoms with E-state index in [0.717, 1.165) is 24.0 Å². The molecular formula is C16H25NO3. The van der Waals surface area contributed by atoms with Gasteiger partial charge < -0.3 is 15.2 Å². The monoisotopic (exact) mass is 279 g/mol. The third-order valence-electron chi connectivity index (χ3n) is 2.80. The first kappa shape index (κ1) is 16.5. The minimum atomic E-state index is -0.469. The maximum absolute atomic E-state index is 11.5. The zero-order valence-corrected chi connectivity index (χ0v) is 12.8. The Morgan fingerprint density at radius 3 is 2.60 bits per heavy atom. The van der Waals surface area contributed by atoms with Crippen molar-refractivity contribution >= 4 is 6.09 Å². The van der Waals surface area contributed by atoms with Crippen molar-refractivity contribution in [2.75, 3.05) is 6.54 Å². The summed E-state index contributed by atoms with van der Waals surface area (Å²) in [7, 11) is 0. The Hall–Kier alpha value is -1.55. The molecule has 0 bridgehead atoms. The van der Waals surface area contributed by atoms with Crippen LogP contribution in [0.2, 0.25) is 0 Å². The Balaban J connectivity index is 2.37. The van der Waals surface area contributed by atoms with Gasteiger partial charge in [0.1, 0.15) is 5.60 Å². The van der Waals surface area contributed by atoms with Crippen molar-refractivity contribution in [3.8, 4) is 0 Å². The minimum absolute atomic E-state index is 0.388. The summed E-state index contributed by atoms with van der Waals surface area (Å²) in [6.45, 7) is 7.84. The van der Waals surface area contributed by atoms with E-state index in [2.05, 4.69) is 5.32 Å². The molecule has 2 N–H and O–H groups in total. The van der Waals surface area contributed by atoms with Gasteiger partial charge in [0.15, 0.2) is 0 Å². The first-order valence-corrected chi connectivity index (χ1v) is 7.02. The number of nitrogens with one attached hydrogen (secondary N) is 1. The van der Waals surface area contributed by atoms with E-state index in [-0.39, 0.29) is 6.09 Å². The number of aryl methyl sites for hydroxylation is 1. The van der Waals surface area contributed by atoms with Gasteiger partial charge in [0.05, 0.1) is 6.10 Å². The van der Waals surface area contributed by atoms with E-state index in [1.165, 1.54) is 0 Å². The lowest BCUT2D eigenvalue weighted by atomic mass is 9.99. The molecule has 0 aromatic heterocycles. The van der Waals surface area contributed by atoms with Crippen molar-refractivity contribution in [1.29, 1.82) is 0 Å². The van der Waals surface area contributed by atoms with Crippen LogP contribution >= 0.6 is 0 Å². The zero-order valence-electron chi connectivity index (χ0n) is 12.8. The molecule has 1 aromatic rings. The van der Waals surface area contributed by atoms with Gasteiger partial charge in [0, 0.05) is 6.54 Å². The number of rotatable bonds is 5. The Kier molecular flexibility index (Phi) is 6.02. The highest BCUT2D eigenvalue weighted by Crippen LogP contribution is 2.18. The van der Waals surface area contributed by atoms with E-state index in [0.29, 0.717) is 6.54 Å². The second-order valence-electron chi connectivity index (χ2n) is 5.91. The molecule has 20 heavy (non-hydrogen) atoms. The van der Waals surface area contributed by atoms with Gasteiger partial charge in [-0.25, -0.2) is 4.79 Å². The highest BCUT2D eigenvalue weighted by molar-refractivity contribution is 5.67. The predicted molar refractivity (Wildman–Crippen MR) is 79.6 cm³/mol. The summed E-state index contributed by atoms with van der Waals surface area (Å²) in [6.07, 6.45) is 0.770. The van der Waals surface area contributed by atoms with Crippen LogP contribution in [-0.2, 0) is 11.2 Å². The highest BCUT2D eigenvalue weighted by Gasteiger charge is 2.15. The number of aliphatic hydroxyl groups excluding tert-OH is 1. The van der Waals surface area contributed by atoms with Gasteiger partial charge in [-0.3, -0.25) is 0 Å². The van der Waals surface area contributed by atoms with Crippen LogP contribution in [0.25, 0.3) is 0 Å². The lowest BCUT2D eigenvalue weighted by Crippen LogP contribution is -2.33. The van der Waals surface area contributed by atoms with E-state index < -0.39 is 11.7 Å². The van der Waals surface area contributed by atoms with Crippen LogP contribution in [0, 0.1) is 0 Å². The van der Waals surface area contributed by atoms with Crippen molar-refractivity contribution in [1.82, 2.24) is 5.32 Å². The molecule has 0 spiro atoms. The van der Waals surface area contributed by atoms with E-state index >= 15 is 0 Å². The average molecular weight is 279 g/mol. The number of hydrogen-bond acceptors (Lipinski definition) is 3. The van der Waals surface area contributed by atoms with Crippen molar-refractivity contribution in [2.45, 2.75) is 52.2 Å². The average Bonchev–Trinajstić information content (AvgIpc) is 2.33. The van der Waals surface area contributed by atoms with Crippen LogP contribution in [0.15, 0.2) is 24.3 Å². The Morgan fingerprint density at radius 2 is 2.00 bits per heavy atom. The molecule has 0 saturated heterocycles. The van der Waals surface area contributed by atoms with Gasteiger partial charge >= 0.3 is 6.09 Å². The number of ether oxygens (including phenoxy) is 1. The highest BCUT2D eigenvalue weighted by atomic mass is 16.6. The van der Waals surface area contributed by atoms with Crippen molar-refractivity contribution in [3.63, 3.8) is 0 Å². The predicted octanol–water partition coefficient (Wildman–Crippen LogP) is 3.20. The molecule has 1 atom stereocenters. The van der Waals surface area contributed by atoms with Gasteiger partial charge in [-0.05, 0) is 51.7 Å². The van der Waals surface area contributed by atoms with Gasteiger partial charge in [-0.15, -0.1) is 0 Å². The molecule has 0 heterocycles. The zero-order chi connectivity index (χ0) is 15.2. The van der Waals surface area contributed by atoms with Crippen molar-refractivity contribution in [2.24, 2.45) is 0 Å². The lowest BCUT2D eigenvalue weighted by molar-refractivity contribution is 0.0527. The Bertz CT molecular complexity index is 436. The van der Waals surface area contributed by atoms with E-state index in [1.54, 1.807) is 6.92 Å². The third kappa shape index (κ3) is 6.06.